The van der Waals surface area contributed by atoms with E-state index in [9.17, 15) is 9.59 Å². The van der Waals surface area contributed by atoms with E-state index in [0.29, 0.717) is 0 Å². The summed E-state index contributed by atoms with van der Waals surface area (Å²) < 4.78 is 13.2. The lowest BCUT2D eigenvalue weighted by Crippen LogP contribution is -2.31. The largest absolute Gasteiger partial charge is 0.510 e. The fraction of sp³-hybridized carbons (Fsp3) is 0.429. The Labute approximate surface area is 68.6 Å². The third-order valence-electron chi connectivity index (χ3n) is 1.32. The molecule has 64 valence electrons. The van der Waals surface area contributed by atoms with Crippen LogP contribution >= 0.6 is 0 Å². The SMILES string of the molecule is C#CC1OC(=O)OC1C(=O)OC. The van der Waals surface area contributed by atoms with Crippen molar-refractivity contribution >= 4 is 12.1 Å². The first-order valence-corrected chi connectivity index (χ1v) is 3.10. The maximum absolute atomic E-state index is 10.9. The number of carbonyl (C=O) groups excluding carboxylic acids is 2. The van der Waals surface area contributed by atoms with Gasteiger partial charge >= 0.3 is 12.1 Å². The molecule has 0 spiro atoms. The molecule has 0 aromatic heterocycles. The van der Waals surface area contributed by atoms with E-state index >= 15 is 0 Å². The standard InChI is InChI=1S/C7H6O5/c1-3-4-5(6(8)10-2)12-7(9)11-4/h1,4-5H,2H3. The summed E-state index contributed by atoms with van der Waals surface area (Å²) in [6.07, 6.45) is 1.90. The molecule has 1 aliphatic rings. The van der Waals surface area contributed by atoms with E-state index in [-0.39, 0.29) is 0 Å². The van der Waals surface area contributed by atoms with Crippen molar-refractivity contribution in [1.29, 1.82) is 0 Å². The van der Waals surface area contributed by atoms with Gasteiger partial charge in [0.15, 0.2) is 0 Å². The van der Waals surface area contributed by atoms with Gasteiger partial charge in [0.1, 0.15) is 0 Å². The topological polar surface area (TPSA) is 61.8 Å². The van der Waals surface area contributed by atoms with Crippen LogP contribution in [0.5, 0.6) is 0 Å². The van der Waals surface area contributed by atoms with E-state index < -0.39 is 24.3 Å². The number of methoxy groups -OCH3 is 1. The van der Waals surface area contributed by atoms with Crippen molar-refractivity contribution in [3.05, 3.63) is 0 Å². The number of terminal acetylenes is 1. The van der Waals surface area contributed by atoms with Crippen LogP contribution < -0.4 is 0 Å². The number of hydrogen-bond acceptors (Lipinski definition) is 5. The molecule has 1 rings (SSSR count). The lowest BCUT2D eigenvalue weighted by Gasteiger charge is -2.06. The van der Waals surface area contributed by atoms with Gasteiger partial charge in [0, 0.05) is 0 Å². The number of carbonyl (C=O) groups is 2. The Balaban J connectivity index is 2.71. The van der Waals surface area contributed by atoms with Gasteiger partial charge in [-0.05, 0) is 0 Å². The predicted molar refractivity (Wildman–Crippen MR) is 36.0 cm³/mol. The lowest BCUT2D eigenvalue weighted by molar-refractivity contribution is -0.149. The van der Waals surface area contributed by atoms with Crippen LogP contribution in [0.25, 0.3) is 0 Å². The summed E-state index contributed by atoms with van der Waals surface area (Å²) in [6.45, 7) is 0. The van der Waals surface area contributed by atoms with Crippen molar-refractivity contribution in [2.45, 2.75) is 12.2 Å². The number of rotatable bonds is 1. The number of hydrogen-bond donors (Lipinski definition) is 0. The molecular weight excluding hydrogens is 164 g/mol. The van der Waals surface area contributed by atoms with E-state index in [1.54, 1.807) is 0 Å². The Morgan fingerprint density at radius 1 is 1.67 bits per heavy atom. The fourth-order valence-electron chi connectivity index (χ4n) is 0.768. The quantitative estimate of drug-likeness (QED) is 0.399. The molecule has 5 nitrogen and oxygen atoms in total. The summed E-state index contributed by atoms with van der Waals surface area (Å²) in [5.74, 6) is 1.37. The zero-order valence-corrected chi connectivity index (χ0v) is 6.27. The highest BCUT2D eigenvalue weighted by Gasteiger charge is 2.41. The third kappa shape index (κ3) is 1.32. The molecule has 2 atom stereocenters. The van der Waals surface area contributed by atoms with Gasteiger partial charge in [-0.3, -0.25) is 0 Å². The molecule has 0 N–H and O–H groups in total. The summed E-state index contributed by atoms with van der Waals surface area (Å²) in [5, 5.41) is 0. The second kappa shape index (κ2) is 3.13. The van der Waals surface area contributed by atoms with Gasteiger partial charge < -0.3 is 14.2 Å². The minimum absolute atomic E-state index is 0.719. The lowest BCUT2D eigenvalue weighted by atomic mass is 10.2. The predicted octanol–water partition coefficient (Wildman–Crippen LogP) is -0.303. The molecule has 1 aliphatic heterocycles. The Bertz CT molecular complexity index is 251. The van der Waals surface area contributed by atoms with Crippen molar-refractivity contribution in [2.24, 2.45) is 0 Å². The smallest absolute Gasteiger partial charge is 0.466 e. The van der Waals surface area contributed by atoms with E-state index in [1.807, 2.05) is 0 Å². The zero-order valence-electron chi connectivity index (χ0n) is 6.27. The van der Waals surface area contributed by atoms with Gasteiger partial charge in [-0.1, -0.05) is 5.92 Å². The molecule has 1 fully saturated rings. The number of cyclic esters (lactones) is 2. The average Bonchev–Trinajstić information content (AvgIpc) is 2.45. The Hall–Kier alpha value is -1.70. The fourth-order valence-corrected chi connectivity index (χ4v) is 0.768. The van der Waals surface area contributed by atoms with Crippen LogP contribution in [-0.4, -0.2) is 31.4 Å². The molecule has 0 radical (unpaired) electrons. The normalized spacial score (nSPS) is 26.8. The van der Waals surface area contributed by atoms with Crippen LogP contribution in [0.15, 0.2) is 0 Å². The summed E-state index contributed by atoms with van der Waals surface area (Å²) in [4.78, 5) is 21.3. The summed E-state index contributed by atoms with van der Waals surface area (Å²) in [6, 6.07) is 0. The van der Waals surface area contributed by atoms with Crippen LogP contribution in [0.2, 0.25) is 0 Å². The van der Waals surface area contributed by atoms with Crippen molar-refractivity contribution < 1.29 is 23.8 Å². The van der Waals surface area contributed by atoms with Crippen LogP contribution in [0, 0.1) is 12.3 Å². The maximum Gasteiger partial charge on any atom is 0.510 e. The highest BCUT2D eigenvalue weighted by molar-refractivity contribution is 5.81. The van der Waals surface area contributed by atoms with Crippen molar-refractivity contribution in [1.82, 2.24) is 0 Å². The molecule has 2 unspecified atom stereocenters. The van der Waals surface area contributed by atoms with Crippen LogP contribution in [0.4, 0.5) is 4.79 Å². The molecule has 1 saturated heterocycles. The summed E-state index contributed by atoms with van der Waals surface area (Å²) >= 11 is 0. The molecule has 12 heavy (non-hydrogen) atoms. The van der Waals surface area contributed by atoms with Gasteiger partial charge in [0.25, 0.3) is 0 Å². The molecule has 0 aromatic rings. The first-order valence-electron chi connectivity index (χ1n) is 3.10. The Morgan fingerprint density at radius 2 is 2.33 bits per heavy atom. The van der Waals surface area contributed by atoms with E-state index in [0.717, 1.165) is 0 Å². The van der Waals surface area contributed by atoms with Crippen LogP contribution in [0.3, 0.4) is 0 Å². The zero-order chi connectivity index (χ0) is 9.14. The molecule has 0 saturated carbocycles. The van der Waals surface area contributed by atoms with Crippen molar-refractivity contribution in [3.63, 3.8) is 0 Å². The molecule has 1 heterocycles. The minimum atomic E-state index is -1.13. The van der Waals surface area contributed by atoms with Gasteiger partial charge in [0.2, 0.25) is 12.2 Å². The van der Waals surface area contributed by atoms with E-state index in [2.05, 4.69) is 20.1 Å². The second-order valence-electron chi connectivity index (χ2n) is 2.02. The number of esters is 1. The first-order chi connectivity index (χ1) is 5.69. The minimum Gasteiger partial charge on any atom is -0.466 e. The van der Waals surface area contributed by atoms with Crippen LogP contribution in [-0.2, 0) is 19.0 Å². The molecular formula is C7H6O5. The summed E-state index contributed by atoms with van der Waals surface area (Å²) in [7, 11) is 1.17. The van der Waals surface area contributed by atoms with Gasteiger partial charge in [-0.2, -0.15) is 0 Å². The highest BCUT2D eigenvalue weighted by atomic mass is 16.8. The van der Waals surface area contributed by atoms with Gasteiger partial charge in [0.05, 0.1) is 7.11 Å². The maximum atomic E-state index is 10.9. The monoisotopic (exact) mass is 170 g/mol. The second-order valence-corrected chi connectivity index (χ2v) is 2.02. The Morgan fingerprint density at radius 3 is 2.83 bits per heavy atom. The highest BCUT2D eigenvalue weighted by Crippen LogP contribution is 2.15. The molecule has 0 bridgehead atoms. The third-order valence-corrected chi connectivity index (χ3v) is 1.32. The van der Waals surface area contributed by atoms with Crippen molar-refractivity contribution in [2.75, 3.05) is 7.11 Å². The van der Waals surface area contributed by atoms with E-state index in [1.165, 1.54) is 7.11 Å². The molecule has 0 amide bonds. The van der Waals surface area contributed by atoms with Crippen LogP contribution in [0.1, 0.15) is 0 Å². The molecule has 0 aliphatic carbocycles. The first kappa shape index (κ1) is 8.40. The number of ether oxygens (including phenoxy) is 3. The molecule has 5 heteroatoms. The van der Waals surface area contributed by atoms with E-state index in [4.69, 9.17) is 6.42 Å². The average molecular weight is 170 g/mol. The van der Waals surface area contributed by atoms with Gasteiger partial charge in [-0.15, -0.1) is 6.42 Å². The summed E-state index contributed by atoms with van der Waals surface area (Å²) in [5.41, 5.74) is 0. The molecule has 0 aromatic carbocycles. The van der Waals surface area contributed by atoms with Crippen molar-refractivity contribution in [3.8, 4) is 12.3 Å². The van der Waals surface area contributed by atoms with Gasteiger partial charge in [-0.25, -0.2) is 9.59 Å². The Kier molecular flexibility index (Phi) is 2.19.